The first-order chi connectivity index (χ1) is 13.2. The molecule has 0 bridgehead atoms. The van der Waals surface area contributed by atoms with Crippen molar-refractivity contribution in [1.82, 2.24) is 14.9 Å². The third-order valence-electron chi connectivity index (χ3n) is 4.63. The normalized spacial score (nSPS) is 13.2. The Hall–Kier alpha value is -3.35. The van der Waals surface area contributed by atoms with Gasteiger partial charge >= 0.3 is 6.03 Å². The van der Waals surface area contributed by atoms with Crippen molar-refractivity contribution in [3.8, 4) is 11.5 Å². The third-order valence-corrected chi connectivity index (χ3v) is 4.63. The van der Waals surface area contributed by atoms with E-state index in [-0.39, 0.29) is 6.03 Å². The molecular formula is C20H20N4O3. The molecule has 0 saturated heterocycles. The molecule has 27 heavy (non-hydrogen) atoms. The monoisotopic (exact) mass is 364 g/mol. The van der Waals surface area contributed by atoms with Crippen molar-refractivity contribution in [2.75, 3.05) is 26.1 Å². The summed E-state index contributed by atoms with van der Waals surface area (Å²) in [5.41, 5.74) is 3.44. The molecule has 0 unspecified atom stereocenters. The maximum atomic E-state index is 12.7. The molecule has 2 aromatic heterocycles. The summed E-state index contributed by atoms with van der Waals surface area (Å²) in [5, 5.41) is 3.91. The summed E-state index contributed by atoms with van der Waals surface area (Å²) < 4.78 is 10.5. The van der Waals surface area contributed by atoms with Gasteiger partial charge in [-0.1, -0.05) is 0 Å². The van der Waals surface area contributed by atoms with Gasteiger partial charge in [0.25, 0.3) is 0 Å². The fraction of sp³-hybridized carbons (Fsp3) is 0.250. The average Bonchev–Trinajstić information content (AvgIpc) is 2.71. The van der Waals surface area contributed by atoms with Crippen LogP contribution in [0.5, 0.6) is 11.5 Å². The quantitative estimate of drug-likeness (QED) is 0.772. The van der Waals surface area contributed by atoms with Gasteiger partial charge < -0.3 is 19.7 Å². The van der Waals surface area contributed by atoms with Crippen LogP contribution in [0, 0.1) is 0 Å². The Morgan fingerprint density at radius 3 is 2.67 bits per heavy atom. The van der Waals surface area contributed by atoms with Gasteiger partial charge in [-0.25, -0.2) is 14.8 Å². The second-order valence-corrected chi connectivity index (χ2v) is 6.35. The largest absolute Gasteiger partial charge is 0.497 e. The number of urea groups is 1. The molecular weight excluding hydrogens is 344 g/mol. The minimum atomic E-state index is -0.165. The maximum Gasteiger partial charge on any atom is 0.322 e. The van der Waals surface area contributed by atoms with Crippen LogP contribution < -0.4 is 14.8 Å². The number of fused-ring (bicyclic) bond motifs is 2. The highest BCUT2D eigenvalue weighted by Gasteiger charge is 2.22. The minimum absolute atomic E-state index is 0.165. The Morgan fingerprint density at radius 1 is 1.15 bits per heavy atom. The van der Waals surface area contributed by atoms with Crippen LogP contribution >= 0.6 is 0 Å². The van der Waals surface area contributed by atoms with Crippen molar-refractivity contribution in [3.63, 3.8) is 0 Å². The molecule has 1 aromatic carbocycles. The van der Waals surface area contributed by atoms with Crippen LogP contribution in [-0.4, -0.2) is 41.7 Å². The van der Waals surface area contributed by atoms with Crippen molar-refractivity contribution in [2.24, 2.45) is 0 Å². The average molecular weight is 364 g/mol. The van der Waals surface area contributed by atoms with Gasteiger partial charge in [0.2, 0.25) is 0 Å². The standard InChI is InChI=1S/C20H20N4O3/c1-26-16-9-15(10-17(11-16)27-2)22-20(25)24-7-5-18-14(12-24)8-13-4-3-6-21-19(13)23-18/h3-4,6,8-11H,5,7,12H2,1-2H3,(H,22,25). The molecule has 3 heterocycles. The number of carbonyl (C=O) groups is 1. The Morgan fingerprint density at radius 2 is 1.93 bits per heavy atom. The summed E-state index contributed by atoms with van der Waals surface area (Å²) in [6.45, 7) is 1.12. The summed E-state index contributed by atoms with van der Waals surface area (Å²) in [6, 6.07) is 11.1. The van der Waals surface area contributed by atoms with Crippen molar-refractivity contribution < 1.29 is 14.3 Å². The number of ether oxygens (including phenoxy) is 2. The molecule has 2 amide bonds. The van der Waals surface area contributed by atoms with Crippen LogP contribution in [0.15, 0.2) is 42.6 Å². The number of anilines is 1. The van der Waals surface area contributed by atoms with Gasteiger partial charge in [-0.3, -0.25) is 0 Å². The van der Waals surface area contributed by atoms with Crippen LogP contribution in [0.25, 0.3) is 11.0 Å². The number of methoxy groups -OCH3 is 2. The molecule has 1 aliphatic heterocycles. The first kappa shape index (κ1) is 17.1. The van der Waals surface area contributed by atoms with Crippen LogP contribution in [-0.2, 0) is 13.0 Å². The molecule has 0 aliphatic carbocycles. The van der Waals surface area contributed by atoms with Crippen LogP contribution in [0.4, 0.5) is 10.5 Å². The fourth-order valence-electron chi connectivity index (χ4n) is 3.22. The number of nitrogens with zero attached hydrogens (tertiary/aromatic N) is 3. The van der Waals surface area contributed by atoms with E-state index in [0.29, 0.717) is 36.7 Å². The second-order valence-electron chi connectivity index (χ2n) is 6.35. The molecule has 3 aromatic rings. The zero-order chi connectivity index (χ0) is 18.8. The predicted octanol–water partition coefficient (Wildman–Crippen LogP) is 3.24. The summed E-state index contributed by atoms with van der Waals surface area (Å²) in [4.78, 5) is 23.5. The number of rotatable bonds is 3. The van der Waals surface area contributed by atoms with E-state index in [4.69, 9.17) is 9.47 Å². The number of pyridine rings is 2. The highest BCUT2D eigenvalue weighted by molar-refractivity contribution is 5.90. The molecule has 0 spiro atoms. The van der Waals surface area contributed by atoms with Gasteiger partial charge in [0, 0.05) is 60.7 Å². The van der Waals surface area contributed by atoms with E-state index >= 15 is 0 Å². The fourth-order valence-corrected chi connectivity index (χ4v) is 3.22. The van der Waals surface area contributed by atoms with E-state index in [1.807, 2.05) is 12.1 Å². The SMILES string of the molecule is COc1cc(NC(=O)N2CCc3nc4ncccc4cc3C2)cc(OC)c1. The van der Waals surface area contributed by atoms with E-state index in [1.54, 1.807) is 43.5 Å². The highest BCUT2D eigenvalue weighted by atomic mass is 16.5. The van der Waals surface area contributed by atoms with Gasteiger partial charge in [-0.05, 0) is 23.8 Å². The van der Waals surface area contributed by atoms with Crippen LogP contribution in [0.2, 0.25) is 0 Å². The first-order valence-electron chi connectivity index (χ1n) is 8.69. The van der Waals surface area contributed by atoms with Crippen LogP contribution in [0.3, 0.4) is 0 Å². The first-order valence-corrected chi connectivity index (χ1v) is 8.69. The number of hydrogen-bond donors (Lipinski definition) is 1. The Balaban J connectivity index is 1.53. The molecule has 4 rings (SSSR count). The number of aromatic nitrogens is 2. The molecule has 1 N–H and O–H groups in total. The van der Waals surface area contributed by atoms with E-state index in [2.05, 4.69) is 21.4 Å². The lowest BCUT2D eigenvalue weighted by Crippen LogP contribution is -2.39. The Bertz CT molecular complexity index is 983. The van der Waals surface area contributed by atoms with Crippen molar-refractivity contribution >= 4 is 22.8 Å². The summed E-state index contributed by atoms with van der Waals surface area (Å²) in [6.07, 6.45) is 2.45. The van der Waals surface area contributed by atoms with E-state index in [9.17, 15) is 4.79 Å². The number of carbonyl (C=O) groups excluding carboxylic acids is 1. The molecule has 0 saturated carbocycles. The van der Waals surface area contributed by atoms with Gasteiger partial charge in [-0.15, -0.1) is 0 Å². The molecule has 0 atom stereocenters. The zero-order valence-electron chi connectivity index (χ0n) is 15.2. The van der Waals surface area contributed by atoms with Gasteiger partial charge in [0.05, 0.1) is 14.2 Å². The van der Waals surface area contributed by atoms with Crippen molar-refractivity contribution in [2.45, 2.75) is 13.0 Å². The van der Waals surface area contributed by atoms with Gasteiger partial charge in [0.15, 0.2) is 5.65 Å². The number of benzene rings is 1. The number of hydrogen-bond acceptors (Lipinski definition) is 5. The zero-order valence-corrected chi connectivity index (χ0v) is 15.2. The smallest absolute Gasteiger partial charge is 0.322 e. The van der Waals surface area contributed by atoms with E-state index in [0.717, 1.165) is 22.3 Å². The maximum absolute atomic E-state index is 12.7. The molecule has 0 radical (unpaired) electrons. The topological polar surface area (TPSA) is 76.6 Å². The van der Waals surface area contributed by atoms with E-state index < -0.39 is 0 Å². The third kappa shape index (κ3) is 3.48. The molecule has 7 heteroatoms. The van der Waals surface area contributed by atoms with Gasteiger partial charge in [-0.2, -0.15) is 0 Å². The minimum Gasteiger partial charge on any atom is -0.497 e. The van der Waals surface area contributed by atoms with Gasteiger partial charge in [0.1, 0.15) is 11.5 Å². The van der Waals surface area contributed by atoms with Crippen molar-refractivity contribution in [3.05, 3.63) is 53.9 Å². The van der Waals surface area contributed by atoms with E-state index in [1.165, 1.54) is 0 Å². The second kappa shape index (κ2) is 7.11. The lowest BCUT2D eigenvalue weighted by Gasteiger charge is -2.28. The predicted molar refractivity (Wildman–Crippen MR) is 102 cm³/mol. The summed E-state index contributed by atoms with van der Waals surface area (Å²) in [7, 11) is 3.16. The molecule has 7 nitrogen and oxygen atoms in total. The Labute approximate surface area is 156 Å². The molecule has 0 fully saturated rings. The van der Waals surface area contributed by atoms with Crippen molar-refractivity contribution in [1.29, 1.82) is 0 Å². The van der Waals surface area contributed by atoms with Crippen LogP contribution in [0.1, 0.15) is 11.3 Å². The lowest BCUT2D eigenvalue weighted by molar-refractivity contribution is 0.206. The number of amides is 2. The summed E-state index contributed by atoms with van der Waals surface area (Å²) in [5.74, 6) is 1.24. The molecule has 1 aliphatic rings. The highest BCUT2D eigenvalue weighted by Crippen LogP contribution is 2.27. The summed E-state index contributed by atoms with van der Waals surface area (Å²) >= 11 is 0. The Kier molecular flexibility index (Phi) is 4.50. The lowest BCUT2D eigenvalue weighted by atomic mass is 10.0. The number of nitrogens with one attached hydrogen (secondary N) is 1. The molecule has 138 valence electrons.